The van der Waals surface area contributed by atoms with Gasteiger partial charge in [-0.25, -0.2) is 0 Å². The Kier molecular flexibility index (Phi) is 5.20. The summed E-state index contributed by atoms with van der Waals surface area (Å²) in [6.45, 7) is 0.690. The van der Waals surface area contributed by atoms with E-state index in [0.29, 0.717) is 24.2 Å². The van der Waals surface area contributed by atoms with E-state index in [1.54, 1.807) is 23.0 Å². The molecule has 6 heteroatoms. The first-order chi connectivity index (χ1) is 10.2. The number of benzene rings is 1. The first-order valence-electron chi connectivity index (χ1n) is 6.87. The van der Waals surface area contributed by atoms with Crippen molar-refractivity contribution in [3.8, 4) is 11.3 Å². The lowest BCUT2D eigenvalue weighted by molar-refractivity contribution is -0.137. The Morgan fingerprint density at radius 1 is 1.24 bits per heavy atom. The van der Waals surface area contributed by atoms with Crippen LogP contribution in [0.4, 0.5) is 0 Å². The van der Waals surface area contributed by atoms with E-state index in [1.807, 2.05) is 12.1 Å². The highest BCUT2D eigenvalue weighted by molar-refractivity contribution is 5.86. The van der Waals surface area contributed by atoms with E-state index in [2.05, 4.69) is 10.3 Å². The molecule has 21 heavy (non-hydrogen) atoms. The third-order valence-corrected chi connectivity index (χ3v) is 3.18. The maximum atomic E-state index is 11.0. The van der Waals surface area contributed by atoms with Gasteiger partial charge in [0.15, 0.2) is 6.29 Å². The number of aldehydes is 1. The summed E-state index contributed by atoms with van der Waals surface area (Å²) in [5, 5.41) is 16.7. The number of aromatic nitrogens is 3. The minimum Gasteiger partial charge on any atom is -0.481 e. The predicted molar refractivity (Wildman–Crippen MR) is 76.9 cm³/mol. The molecular weight excluding hydrogens is 270 g/mol. The monoisotopic (exact) mass is 287 g/mol. The van der Waals surface area contributed by atoms with Crippen LogP contribution in [0.3, 0.4) is 0 Å². The Morgan fingerprint density at radius 2 is 2.05 bits per heavy atom. The lowest BCUT2D eigenvalue weighted by Gasteiger charge is -2.00. The highest BCUT2D eigenvalue weighted by Crippen LogP contribution is 2.19. The van der Waals surface area contributed by atoms with Gasteiger partial charge in [0.1, 0.15) is 5.69 Å². The molecule has 0 aliphatic heterocycles. The van der Waals surface area contributed by atoms with Crippen LogP contribution in [-0.2, 0) is 11.3 Å². The molecule has 110 valence electrons. The fourth-order valence-electron chi connectivity index (χ4n) is 2.09. The number of carboxylic acids is 1. The Balaban J connectivity index is 1.92. The third-order valence-electron chi connectivity index (χ3n) is 3.18. The molecule has 6 nitrogen and oxygen atoms in total. The van der Waals surface area contributed by atoms with Gasteiger partial charge in [0.25, 0.3) is 0 Å². The van der Waals surface area contributed by atoms with Crippen LogP contribution in [0.15, 0.2) is 30.5 Å². The van der Waals surface area contributed by atoms with E-state index in [1.165, 1.54) is 0 Å². The molecule has 1 N–H and O–H groups in total. The summed E-state index contributed by atoms with van der Waals surface area (Å²) in [5.41, 5.74) is 2.03. The van der Waals surface area contributed by atoms with Crippen molar-refractivity contribution in [3.63, 3.8) is 0 Å². The number of unbranched alkanes of at least 4 members (excludes halogenated alkanes) is 2. The highest BCUT2D eigenvalue weighted by Gasteiger charge is 2.08. The van der Waals surface area contributed by atoms with E-state index in [-0.39, 0.29) is 6.42 Å². The van der Waals surface area contributed by atoms with Gasteiger partial charge in [0.05, 0.1) is 6.20 Å². The number of aryl methyl sites for hydroxylation is 1. The zero-order valence-electron chi connectivity index (χ0n) is 11.6. The molecule has 1 aromatic carbocycles. The Labute approximate surface area is 122 Å². The van der Waals surface area contributed by atoms with E-state index < -0.39 is 5.97 Å². The average molecular weight is 287 g/mol. The predicted octanol–water partition coefficient (Wildman–Crippen LogP) is 2.40. The fraction of sp³-hybridized carbons (Fsp3) is 0.333. The first kappa shape index (κ1) is 14.9. The second kappa shape index (κ2) is 7.33. The van der Waals surface area contributed by atoms with Gasteiger partial charge in [-0.2, -0.15) is 0 Å². The molecular formula is C15H17N3O3. The van der Waals surface area contributed by atoms with Crippen LogP contribution < -0.4 is 0 Å². The molecule has 0 fully saturated rings. The molecule has 0 saturated heterocycles. The highest BCUT2D eigenvalue weighted by atomic mass is 16.4. The number of aliphatic carboxylic acids is 1. The number of carbonyl (C=O) groups excluding carboxylic acids is 1. The normalized spacial score (nSPS) is 10.5. The Morgan fingerprint density at radius 3 is 2.81 bits per heavy atom. The third kappa shape index (κ3) is 4.24. The van der Waals surface area contributed by atoms with Crippen molar-refractivity contribution >= 4 is 12.3 Å². The quantitative estimate of drug-likeness (QED) is 0.595. The van der Waals surface area contributed by atoms with Crippen molar-refractivity contribution in [1.82, 2.24) is 15.0 Å². The van der Waals surface area contributed by atoms with E-state index in [9.17, 15) is 9.59 Å². The van der Waals surface area contributed by atoms with Gasteiger partial charge in [-0.05, 0) is 12.8 Å². The summed E-state index contributed by atoms with van der Waals surface area (Å²) >= 11 is 0. The Hall–Kier alpha value is -2.50. The van der Waals surface area contributed by atoms with Crippen LogP contribution in [0.2, 0.25) is 0 Å². The number of nitrogens with zero attached hydrogens (tertiary/aromatic N) is 3. The number of carbonyl (C=O) groups is 2. The number of hydrogen-bond donors (Lipinski definition) is 1. The molecule has 0 saturated carbocycles. The standard InChI is InChI=1S/C15H17N3O3/c19-11-12-6-3-4-7-13(12)14-10-18(17-16-14)9-5-1-2-8-15(20)21/h3-4,6-7,10-11H,1-2,5,8-9H2,(H,20,21). The molecule has 2 aromatic rings. The second-order valence-electron chi connectivity index (χ2n) is 4.78. The molecule has 0 aliphatic carbocycles. The van der Waals surface area contributed by atoms with Crippen molar-refractivity contribution in [2.24, 2.45) is 0 Å². The molecule has 0 amide bonds. The molecule has 0 spiro atoms. The summed E-state index contributed by atoms with van der Waals surface area (Å²) < 4.78 is 1.72. The molecule has 0 unspecified atom stereocenters. The topological polar surface area (TPSA) is 85.1 Å². The summed E-state index contributed by atoms with van der Waals surface area (Å²) in [6, 6.07) is 7.24. The van der Waals surface area contributed by atoms with Gasteiger partial charge < -0.3 is 5.11 Å². The van der Waals surface area contributed by atoms with Crippen molar-refractivity contribution in [1.29, 1.82) is 0 Å². The molecule has 1 aromatic heterocycles. The second-order valence-corrected chi connectivity index (χ2v) is 4.78. The van der Waals surface area contributed by atoms with Gasteiger partial charge in [-0.3, -0.25) is 14.3 Å². The summed E-state index contributed by atoms with van der Waals surface area (Å²) in [6.07, 6.45) is 5.18. The minimum atomic E-state index is -0.761. The fourth-order valence-corrected chi connectivity index (χ4v) is 2.09. The molecule has 2 rings (SSSR count). The van der Waals surface area contributed by atoms with Crippen LogP contribution >= 0.6 is 0 Å². The number of rotatable bonds is 8. The average Bonchev–Trinajstić information content (AvgIpc) is 2.95. The van der Waals surface area contributed by atoms with Crippen LogP contribution in [-0.4, -0.2) is 32.4 Å². The SMILES string of the molecule is O=Cc1ccccc1-c1cn(CCCCCC(=O)O)nn1. The van der Waals surface area contributed by atoms with Crippen molar-refractivity contribution < 1.29 is 14.7 Å². The molecule has 0 atom stereocenters. The lowest BCUT2D eigenvalue weighted by atomic mass is 10.1. The lowest BCUT2D eigenvalue weighted by Crippen LogP contribution is -2.00. The number of hydrogen-bond acceptors (Lipinski definition) is 4. The zero-order chi connectivity index (χ0) is 15.1. The van der Waals surface area contributed by atoms with Crippen LogP contribution in [0.5, 0.6) is 0 Å². The summed E-state index contributed by atoms with van der Waals surface area (Å²) in [7, 11) is 0. The summed E-state index contributed by atoms with van der Waals surface area (Å²) in [4.78, 5) is 21.4. The Bertz CT molecular complexity index is 622. The first-order valence-corrected chi connectivity index (χ1v) is 6.87. The molecule has 0 radical (unpaired) electrons. The molecule has 1 heterocycles. The van der Waals surface area contributed by atoms with Crippen molar-refractivity contribution in [2.75, 3.05) is 0 Å². The molecule has 0 bridgehead atoms. The van der Waals surface area contributed by atoms with Crippen molar-refractivity contribution in [2.45, 2.75) is 32.2 Å². The largest absolute Gasteiger partial charge is 0.481 e. The van der Waals surface area contributed by atoms with Gasteiger partial charge >= 0.3 is 5.97 Å². The van der Waals surface area contributed by atoms with Crippen LogP contribution in [0.1, 0.15) is 36.0 Å². The van der Waals surface area contributed by atoms with Gasteiger partial charge in [-0.1, -0.05) is 35.9 Å². The van der Waals surface area contributed by atoms with Gasteiger partial charge in [-0.15, -0.1) is 5.10 Å². The van der Waals surface area contributed by atoms with E-state index in [0.717, 1.165) is 24.7 Å². The van der Waals surface area contributed by atoms with Crippen LogP contribution in [0, 0.1) is 0 Å². The summed E-state index contributed by atoms with van der Waals surface area (Å²) in [5.74, 6) is -0.761. The van der Waals surface area contributed by atoms with E-state index >= 15 is 0 Å². The zero-order valence-corrected chi connectivity index (χ0v) is 11.6. The number of carboxylic acid groups (broad SMARTS) is 1. The smallest absolute Gasteiger partial charge is 0.303 e. The minimum absolute atomic E-state index is 0.204. The van der Waals surface area contributed by atoms with Crippen molar-refractivity contribution in [3.05, 3.63) is 36.0 Å². The molecule has 0 aliphatic rings. The van der Waals surface area contributed by atoms with Crippen LogP contribution in [0.25, 0.3) is 11.3 Å². The maximum Gasteiger partial charge on any atom is 0.303 e. The maximum absolute atomic E-state index is 11.0. The van der Waals surface area contributed by atoms with Gasteiger partial charge in [0, 0.05) is 24.1 Å². The van der Waals surface area contributed by atoms with Gasteiger partial charge in [0.2, 0.25) is 0 Å². The van der Waals surface area contributed by atoms with E-state index in [4.69, 9.17) is 5.11 Å².